The maximum Gasteiger partial charge on any atom is 0.305 e. The minimum Gasteiger partial charge on any atom is -0.481 e. The molecule has 0 aliphatic heterocycles. The summed E-state index contributed by atoms with van der Waals surface area (Å²) in [4.78, 5) is 23.3. The highest BCUT2D eigenvalue weighted by Gasteiger charge is 2.29. The number of ether oxygens (including phenoxy) is 1. The predicted octanol–water partition coefficient (Wildman–Crippen LogP) is 0.735. The second kappa shape index (κ2) is 8.93. The lowest BCUT2D eigenvalue weighted by atomic mass is 9.98. The highest BCUT2D eigenvalue weighted by Crippen LogP contribution is 2.13. The molecule has 1 atom stereocenters. The van der Waals surface area contributed by atoms with E-state index in [0.29, 0.717) is 11.1 Å². The van der Waals surface area contributed by atoms with Crippen molar-refractivity contribution in [3.8, 4) is 0 Å². The third kappa shape index (κ3) is 7.20. The molecule has 140 valence electrons. The third-order valence-corrected chi connectivity index (χ3v) is 4.86. The average Bonchev–Trinajstić information content (AvgIpc) is 2.52. The van der Waals surface area contributed by atoms with Gasteiger partial charge in [0, 0.05) is 19.2 Å². The molecule has 1 unspecified atom stereocenters. The van der Waals surface area contributed by atoms with Gasteiger partial charge in [-0.05, 0) is 31.5 Å². The lowest BCUT2D eigenvalue weighted by Crippen LogP contribution is -2.50. The molecule has 9 heteroatoms. The van der Waals surface area contributed by atoms with Crippen LogP contribution in [0, 0.1) is 0 Å². The van der Waals surface area contributed by atoms with Crippen molar-refractivity contribution in [2.24, 2.45) is 0 Å². The van der Waals surface area contributed by atoms with E-state index in [1.165, 1.54) is 7.11 Å². The van der Waals surface area contributed by atoms with Crippen LogP contribution in [0.4, 0.5) is 0 Å². The predicted molar refractivity (Wildman–Crippen MR) is 92.7 cm³/mol. The first-order valence-corrected chi connectivity index (χ1v) is 9.35. The summed E-state index contributed by atoms with van der Waals surface area (Å²) in [7, 11) is -1.86. The molecule has 0 saturated heterocycles. The molecular formula is C16H24N2O6S. The van der Waals surface area contributed by atoms with Crippen molar-refractivity contribution in [2.75, 3.05) is 19.5 Å². The quantitative estimate of drug-likeness (QED) is 0.557. The summed E-state index contributed by atoms with van der Waals surface area (Å²) >= 11 is 0. The van der Waals surface area contributed by atoms with Crippen molar-refractivity contribution in [2.45, 2.75) is 32.4 Å². The van der Waals surface area contributed by atoms with Gasteiger partial charge in [-0.3, -0.25) is 9.59 Å². The molecule has 0 aromatic heterocycles. The largest absolute Gasteiger partial charge is 0.481 e. The number of carbonyl (C=O) groups is 2. The fourth-order valence-corrected chi connectivity index (χ4v) is 2.79. The van der Waals surface area contributed by atoms with Crippen LogP contribution in [0.2, 0.25) is 0 Å². The summed E-state index contributed by atoms with van der Waals surface area (Å²) < 4.78 is 30.3. The van der Waals surface area contributed by atoms with Gasteiger partial charge in [-0.25, -0.2) is 13.1 Å². The van der Waals surface area contributed by atoms with E-state index in [9.17, 15) is 18.0 Å². The van der Waals surface area contributed by atoms with Crippen LogP contribution >= 0.6 is 0 Å². The average molecular weight is 372 g/mol. The van der Waals surface area contributed by atoms with Gasteiger partial charge < -0.3 is 15.2 Å². The number of hydrogen-bond donors (Lipinski definition) is 3. The van der Waals surface area contributed by atoms with Crippen LogP contribution in [0.3, 0.4) is 0 Å². The van der Waals surface area contributed by atoms with E-state index in [-0.39, 0.29) is 25.3 Å². The SMILES string of the molecule is CCS(=O)(=O)NCc1ccc(C(=O)NC(C)(COC)CC(=O)O)cc1. The van der Waals surface area contributed by atoms with Gasteiger partial charge in [0.15, 0.2) is 0 Å². The van der Waals surface area contributed by atoms with Gasteiger partial charge in [0.2, 0.25) is 10.0 Å². The Balaban J connectivity index is 2.77. The van der Waals surface area contributed by atoms with E-state index >= 15 is 0 Å². The molecule has 0 spiro atoms. The minimum atomic E-state index is -3.28. The van der Waals surface area contributed by atoms with Gasteiger partial charge in [0.25, 0.3) is 5.91 Å². The standard InChI is InChI=1S/C16H24N2O6S/c1-4-25(22,23)17-10-12-5-7-13(8-6-12)15(21)18-16(2,11-24-3)9-14(19)20/h5-8,17H,4,9-11H2,1-3H3,(H,18,21)(H,19,20). The van der Waals surface area contributed by atoms with E-state index in [0.717, 1.165) is 0 Å². The number of aliphatic carboxylic acids is 1. The van der Waals surface area contributed by atoms with Crippen molar-refractivity contribution < 1.29 is 27.9 Å². The minimum absolute atomic E-state index is 0.00481. The number of hydrogen-bond acceptors (Lipinski definition) is 5. The summed E-state index contributed by atoms with van der Waals surface area (Å²) in [6.07, 6.45) is -0.274. The summed E-state index contributed by atoms with van der Waals surface area (Å²) in [5.41, 5.74) is 0.0150. The Morgan fingerprint density at radius 2 is 1.84 bits per heavy atom. The molecule has 1 aromatic rings. The maximum absolute atomic E-state index is 12.3. The molecule has 0 bridgehead atoms. The van der Waals surface area contributed by atoms with Crippen molar-refractivity contribution in [3.05, 3.63) is 35.4 Å². The van der Waals surface area contributed by atoms with Crippen molar-refractivity contribution in [3.63, 3.8) is 0 Å². The van der Waals surface area contributed by atoms with Crippen LogP contribution in [0.25, 0.3) is 0 Å². The molecule has 0 heterocycles. The summed E-state index contributed by atoms with van der Waals surface area (Å²) in [5.74, 6) is -1.48. The molecule has 0 aliphatic rings. The Morgan fingerprint density at radius 1 is 1.24 bits per heavy atom. The second-order valence-electron chi connectivity index (χ2n) is 5.94. The molecule has 25 heavy (non-hydrogen) atoms. The Labute approximate surface area is 147 Å². The Kier molecular flexibility index (Phi) is 7.53. The smallest absolute Gasteiger partial charge is 0.305 e. The summed E-state index contributed by atoms with van der Waals surface area (Å²) in [6.45, 7) is 3.33. The lowest BCUT2D eigenvalue weighted by molar-refractivity contribution is -0.139. The number of rotatable bonds is 10. The number of carboxylic acid groups (broad SMARTS) is 1. The second-order valence-corrected chi connectivity index (χ2v) is 8.04. The van der Waals surface area contributed by atoms with Crippen molar-refractivity contribution >= 4 is 21.9 Å². The van der Waals surface area contributed by atoms with E-state index in [4.69, 9.17) is 9.84 Å². The highest BCUT2D eigenvalue weighted by atomic mass is 32.2. The zero-order valence-electron chi connectivity index (χ0n) is 14.5. The van der Waals surface area contributed by atoms with Gasteiger partial charge in [0.1, 0.15) is 0 Å². The number of carboxylic acids is 1. The molecule has 3 N–H and O–H groups in total. The summed E-state index contributed by atoms with van der Waals surface area (Å²) in [6, 6.07) is 6.38. The van der Waals surface area contributed by atoms with Crippen LogP contribution in [-0.2, 0) is 26.1 Å². The summed E-state index contributed by atoms with van der Waals surface area (Å²) in [5, 5.41) is 11.6. The van der Waals surface area contributed by atoms with Crippen LogP contribution in [0.5, 0.6) is 0 Å². The number of sulfonamides is 1. The van der Waals surface area contributed by atoms with Gasteiger partial charge in [-0.2, -0.15) is 0 Å². The monoisotopic (exact) mass is 372 g/mol. The van der Waals surface area contributed by atoms with Gasteiger partial charge in [-0.1, -0.05) is 12.1 Å². The zero-order chi connectivity index (χ0) is 19.1. The number of nitrogens with one attached hydrogen (secondary N) is 2. The fourth-order valence-electron chi connectivity index (χ4n) is 2.20. The Bertz CT molecular complexity index is 702. The van der Waals surface area contributed by atoms with Gasteiger partial charge in [0.05, 0.1) is 24.3 Å². The topological polar surface area (TPSA) is 122 Å². The van der Waals surface area contributed by atoms with E-state index < -0.39 is 27.4 Å². The fraction of sp³-hybridized carbons (Fsp3) is 0.500. The molecule has 0 radical (unpaired) electrons. The first kappa shape index (κ1) is 21.1. The number of benzene rings is 1. The molecule has 1 rings (SSSR count). The Morgan fingerprint density at radius 3 is 2.32 bits per heavy atom. The normalized spacial score (nSPS) is 13.9. The van der Waals surface area contributed by atoms with Crippen molar-refractivity contribution in [1.82, 2.24) is 10.0 Å². The van der Waals surface area contributed by atoms with Crippen LogP contribution in [0.1, 0.15) is 36.2 Å². The molecule has 0 fully saturated rings. The van der Waals surface area contributed by atoms with Gasteiger partial charge in [-0.15, -0.1) is 0 Å². The number of amides is 1. The molecule has 1 amide bonds. The van der Waals surface area contributed by atoms with Gasteiger partial charge >= 0.3 is 5.97 Å². The van der Waals surface area contributed by atoms with E-state index in [1.807, 2.05) is 0 Å². The first-order valence-electron chi connectivity index (χ1n) is 7.70. The molecular weight excluding hydrogens is 348 g/mol. The maximum atomic E-state index is 12.3. The number of methoxy groups -OCH3 is 1. The van der Waals surface area contributed by atoms with E-state index in [2.05, 4.69) is 10.0 Å². The first-order chi connectivity index (χ1) is 11.6. The lowest BCUT2D eigenvalue weighted by Gasteiger charge is -2.28. The molecule has 1 aromatic carbocycles. The molecule has 0 saturated carbocycles. The van der Waals surface area contributed by atoms with E-state index in [1.54, 1.807) is 38.1 Å². The highest BCUT2D eigenvalue weighted by molar-refractivity contribution is 7.89. The van der Waals surface area contributed by atoms with Crippen molar-refractivity contribution in [1.29, 1.82) is 0 Å². The molecule has 8 nitrogen and oxygen atoms in total. The Hall–Kier alpha value is -1.97. The third-order valence-electron chi connectivity index (χ3n) is 3.51. The zero-order valence-corrected chi connectivity index (χ0v) is 15.4. The van der Waals surface area contributed by atoms with Crippen LogP contribution in [-0.4, -0.2) is 50.4 Å². The number of carbonyl (C=O) groups excluding carboxylic acids is 1. The van der Waals surface area contributed by atoms with Crippen LogP contribution in [0.15, 0.2) is 24.3 Å². The molecule has 0 aliphatic carbocycles. The van der Waals surface area contributed by atoms with Crippen LogP contribution < -0.4 is 10.0 Å².